The summed E-state index contributed by atoms with van der Waals surface area (Å²) in [5.41, 5.74) is 5.31. The van der Waals surface area contributed by atoms with Crippen molar-refractivity contribution in [1.29, 1.82) is 5.26 Å². The first-order valence-electron chi connectivity index (χ1n) is 9.76. The highest BCUT2D eigenvalue weighted by Gasteiger charge is 2.21. The van der Waals surface area contributed by atoms with Crippen LogP contribution in [0.1, 0.15) is 5.56 Å². The molecule has 0 saturated carbocycles. The van der Waals surface area contributed by atoms with Crippen LogP contribution < -0.4 is 4.74 Å². The van der Waals surface area contributed by atoms with E-state index in [1.807, 2.05) is 68.3 Å². The smallest absolute Gasteiger partial charge is 0.142 e. The lowest BCUT2D eigenvalue weighted by atomic mass is 9.98. The maximum absolute atomic E-state index is 9.71. The van der Waals surface area contributed by atoms with E-state index in [-0.39, 0.29) is 0 Å². The van der Waals surface area contributed by atoms with Crippen molar-refractivity contribution in [2.45, 2.75) is 0 Å². The first-order valence-corrected chi connectivity index (χ1v) is 9.76. The van der Waals surface area contributed by atoms with Crippen molar-refractivity contribution in [2.75, 3.05) is 27.2 Å². The van der Waals surface area contributed by atoms with Crippen LogP contribution in [-0.2, 0) is 7.05 Å². The molecule has 4 rings (SSSR count). The molecule has 0 aliphatic rings. The third-order valence-corrected chi connectivity index (χ3v) is 5.08. The van der Waals surface area contributed by atoms with Gasteiger partial charge in [0.2, 0.25) is 0 Å². The van der Waals surface area contributed by atoms with Gasteiger partial charge in [0.15, 0.2) is 0 Å². The fourth-order valence-corrected chi connectivity index (χ4v) is 3.62. The van der Waals surface area contributed by atoms with E-state index in [4.69, 9.17) is 4.74 Å². The number of pyridine rings is 2. The van der Waals surface area contributed by atoms with Gasteiger partial charge < -0.3 is 14.2 Å². The zero-order valence-corrected chi connectivity index (χ0v) is 17.3. The molecule has 3 heterocycles. The van der Waals surface area contributed by atoms with Crippen LogP contribution in [0.3, 0.4) is 0 Å². The van der Waals surface area contributed by atoms with E-state index in [1.165, 1.54) is 0 Å². The summed E-state index contributed by atoms with van der Waals surface area (Å²) >= 11 is 0. The molecular formula is C24H23N5O. The lowest BCUT2D eigenvalue weighted by Gasteiger charge is -2.12. The maximum atomic E-state index is 9.71. The summed E-state index contributed by atoms with van der Waals surface area (Å²) in [7, 11) is 6.03. The van der Waals surface area contributed by atoms with Gasteiger partial charge >= 0.3 is 0 Å². The molecule has 0 aliphatic heterocycles. The Bertz CT molecular complexity index is 1200. The highest BCUT2D eigenvalue weighted by Crippen LogP contribution is 2.41. The summed E-state index contributed by atoms with van der Waals surface area (Å²) < 4.78 is 7.88. The number of hydrogen-bond donors (Lipinski definition) is 0. The van der Waals surface area contributed by atoms with Gasteiger partial charge in [-0.05, 0) is 56.1 Å². The molecule has 6 heteroatoms. The van der Waals surface area contributed by atoms with Crippen LogP contribution in [0.15, 0.2) is 61.1 Å². The van der Waals surface area contributed by atoms with Crippen molar-refractivity contribution < 1.29 is 4.74 Å². The average Bonchev–Trinajstić information content (AvgIpc) is 3.07. The standard InChI is InChI=1S/C24H23N5O/c1-28(2)13-14-30-20-8-6-17(7-9-20)23-21(19-5-4-11-26-16-19)22-18(15-25)10-12-27-24(22)29(23)3/h4-12,16H,13-14H2,1-3H3. The summed E-state index contributed by atoms with van der Waals surface area (Å²) in [5.74, 6) is 0.832. The van der Waals surface area contributed by atoms with E-state index in [0.29, 0.717) is 12.2 Å². The molecular weight excluding hydrogens is 374 g/mol. The van der Waals surface area contributed by atoms with E-state index in [0.717, 1.165) is 45.7 Å². The van der Waals surface area contributed by atoms with Crippen LogP contribution in [0, 0.1) is 11.3 Å². The van der Waals surface area contributed by atoms with Gasteiger partial charge in [-0.2, -0.15) is 5.26 Å². The number of likely N-dealkylation sites (N-methyl/N-ethyl adjacent to an activating group) is 1. The van der Waals surface area contributed by atoms with Crippen LogP contribution in [-0.4, -0.2) is 46.7 Å². The number of aryl methyl sites for hydroxylation is 1. The average molecular weight is 397 g/mol. The minimum atomic E-state index is 0.601. The predicted octanol–water partition coefficient (Wildman–Crippen LogP) is 4.11. The monoisotopic (exact) mass is 397 g/mol. The second kappa shape index (κ2) is 8.36. The normalized spacial score (nSPS) is 11.0. The minimum Gasteiger partial charge on any atom is -0.492 e. The zero-order chi connectivity index (χ0) is 21.1. The van der Waals surface area contributed by atoms with Gasteiger partial charge in [0, 0.05) is 48.7 Å². The van der Waals surface area contributed by atoms with E-state index in [9.17, 15) is 5.26 Å². The summed E-state index contributed by atoms with van der Waals surface area (Å²) in [6.45, 7) is 1.50. The number of hydrogen-bond acceptors (Lipinski definition) is 5. The highest BCUT2D eigenvalue weighted by atomic mass is 16.5. The van der Waals surface area contributed by atoms with Crippen molar-refractivity contribution >= 4 is 11.0 Å². The molecule has 3 aromatic heterocycles. The third kappa shape index (κ3) is 3.63. The summed E-state index contributed by atoms with van der Waals surface area (Å²) in [5, 5.41) is 10.6. The second-order valence-electron chi connectivity index (χ2n) is 7.37. The van der Waals surface area contributed by atoms with Gasteiger partial charge in [0.05, 0.1) is 17.3 Å². The Morgan fingerprint density at radius 1 is 1.07 bits per heavy atom. The Balaban J connectivity index is 1.85. The van der Waals surface area contributed by atoms with Crippen molar-refractivity contribution in [2.24, 2.45) is 7.05 Å². The number of aromatic nitrogens is 3. The van der Waals surface area contributed by atoms with Crippen molar-refractivity contribution in [3.05, 3.63) is 66.6 Å². The van der Waals surface area contributed by atoms with Gasteiger partial charge in [0.25, 0.3) is 0 Å². The predicted molar refractivity (Wildman–Crippen MR) is 118 cm³/mol. The largest absolute Gasteiger partial charge is 0.492 e. The first kappa shape index (κ1) is 19.6. The number of nitriles is 1. The number of nitrogens with zero attached hydrogens (tertiary/aromatic N) is 5. The van der Waals surface area contributed by atoms with Crippen molar-refractivity contribution in [3.8, 4) is 34.2 Å². The number of fused-ring (bicyclic) bond motifs is 1. The van der Waals surface area contributed by atoms with Crippen molar-refractivity contribution in [1.82, 2.24) is 19.4 Å². The maximum Gasteiger partial charge on any atom is 0.142 e. The molecule has 30 heavy (non-hydrogen) atoms. The van der Waals surface area contributed by atoms with E-state index >= 15 is 0 Å². The Kier molecular flexibility index (Phi) is 5.46. The molecule has 0 aliphatic carbocycles. The number of benzene rings is 1. The minimum absolute atomic E-state index is 0.601. The van der Waals surface area contributed by atoms with E-state index in [2.05, 4.69) is 20.9 Å². The summed E-state index contributed by atoms with van der Waals surface area (Å²) in [6.07, 6.45) is 5.25. The molecule has 0 spiro atoms. The van der Waals surface area contributed by atoms with Crippen LogP contribution in [0.4, 0.5) is 0 Å². The molecule has 0 atom stereocenters. The van der Waals surface area contributed by atoms with Crippen LogP contribution >= 0.6 is 0 Å². The second-order valence-corrected chi connectivity index (χ2v) is 7.37. The molecule has 6 nitrogen and oxygen atoms in total. The molecule has 0 unspecified atom stereocenters. The molecule has 0 bridgehead atoms. The van der Waals surface area contributed by atoms with Crippen LogP contribution in [0.2, 0.25) is 0 Å². The topological polar surface area (TPSA) is 67.0 Å². The summed E-state index contributed by atoms with van der Waals surface area (Å²) in [4.78, 5) is 10.9. The number of ether oxygens (including phenoxy) is 1. The van der Waals surface area contributed by atoms with Crippen LogP contribution in [0.25, 0.3) is 33.4 Å². The molecule has 0 fully saturated rings. The first-order chi connectivity index (χ1) is 14.6. The molecule has 4 aromatic rings. The molecule has 150 valence electrons. The van der Waals surface area contributed by atoms with E-state index in [1.54, 1.807) is 18.5 Å². The zero-order valence-electron chi connectivity index (χ0n) is 17.3. The quantitative estimate of drug-likeness (QED) is 0.490. The lowest BCUT2D eigenvalue weighted by Crippen LogP contribution is -2.19. The van der Waals surface area contributed by atoms with Gasteiger partial charge in [-0.15, -0.1) is 0 Å². The molecule has 0 radical (unpaired) electrons. The third-order valence-electron chi connectivity index (χ3n) is 5.08. The fraction of sp³-hybridized carbons (Fsp3) is 0.208. The van der Waals surface area contributed by atoms with Crippen LogP contribution in [0.5, 0.6) is 5.75 Å². The summed E-state index contributed by atoms with van der Waals surface area (Å²) in [6, 6.07) is 16.0. The molecule has 0 amide bonds. The molecule has 1 aromatic carbocycles. The Hall–Kier alpha value is -3.69. The molecule has 0 N–H and O–H groups in total. The lowest BCUT2D eigenvalue weighted by molar-refractivity contribution is 0.261. The number of rotatable bonds is 6. The fourth-order valence-electron chi connectivity index (χ4n) is 3.62. The van der Waals surface area contributed by atoms with Crippen molar-refractivity contribution in [3.63, 3.8) is 0 Å². The van der Waals surface area contributed by atoms with Gasteiger partial charge in [-0.25, -0.2) is 4.98 Å². The molecule has 0 saturated heterocycles. The van der Waals surface area contributed by atoms with E-state index < -0.39 is 0 Å². The SMILES string of the molecule is CN(C)CCOc1ccc(-c2c(-c3cccnc3)c3c(C#N)ccnc3n2C)cc1. The van der Waals surface area contributed by atoms with Gasteiger partial charge in [-0.1, -0.05) is 6.07 Å². The van der Waals surface area contributed by atoms with Gasteiger partial charge in [0.1, 0.15) is 18.0 Å². The highest BCUT2D eigenvalue weighted by molar-refractivity contribution is 6.05. The Labute approximate surface area is 176 Å². The Morgan fingerprint density at radius 2 is 1.87 bits per heavy atom. The Morgan fingerprint density at radius 3 is 2.53 bits per heavy atom. The van der Waals surface area contributed by atoms with Gasteiger partial charge in [-0.3, -0.25) is 4.98 Å².